The Balaban J connectivity index is 1.40. The fourth-order valence-electron chi connectivity index (χ4n) is 4.63. The van der Waals surface area contributed by atoms with Gasteiger partial charge in [0.2, 0.25) is 11.8 Å². The lowest BCUT2D eigenvalue weighted by Crippen LogP contribution is -2.44. The van der Waals surface area contributed by atoms with Crippen LogP contribution < -0.4 is 14.4 Å². The average molecular weight is 622 g/mol. The molecule has 43 heavy (non-hydrogen) atoms. The lowest BCUT2D eigenvalue weighted by atomic mass is 10.1. The van der Waals surface area contributed by atoms with Crippen molar-refractivity contribution in [3.63, 3.8) is 0 Å². The number of anilines is 2. The molecule has 0 aliphatic carbocycles. The van der Waals surface area contributed by atoms with Gasteiger partial charge in [0, 0.05) is 37.1 Å². The summed E-state index contributed by atoms with van der Waals surface area (Å²) in [7, 11) is 0. The second-order valence-corrected chi connectivity index (χ2v) is 10.9. The zero-order chi connectivity index (χ0) is 30.5. The molecule has 0 radical (unpaired) electrons. The zero-order valence-corrected chi connectivity index (χ0v) is 24.4. The van der Waals surface area contributed by atoms with Crippen LogP contribution in [0.3, 0.4) is 0 Å². The molecule has 14 heteroatoms. The third-order valence-corrected chi connectivity index (χ3v) is 7.75. The van der Waals surface area contributed by atoms with Gasteiger partial charge in [0.1, 0.15) is 5.75 Å². The van der Waals surface area contributed by atoms with Crippen LogP contribution in [0.15, 0.2) is 73.1 Å². The van der Waals surface area contributed by atoms with Gasteiger partial charge in [-0.05, 0) is 67.8 Å². The molecule has 2 N–H and O–H groups in total. The molecule has 1 fully saturated rings. The fraction of sp³-hybridized carbons (Fsp3) is 0.207. The van der Waals surface area contributed by atoms with Crippen LogP contribution in [0.2, 0.25) is 5.02 Å². The minimum absolute atomic E-state index is 0.0228. The summed E-state index contributed by atoms with van der Waals surface area (Å²) in [5.41, 5.74) is 1.79. The Morgan fingerprint density at radius 2 is 1.95 bits per heavy atom. The maximum atomic E-state index is 13.3. The van der Waals surface area contributed by atoms with Crippen molar-refractivity contribution < 1.29 is 28.2 Å². The highest BCUT2D eigenvalue weighted by Gasteiger charge is 2.25. The van der Waals surface area contributed by atoms with E-state index in [9.17, 15) is 23.5 Å². The summed E-state index contributed by atoms with van der Waals surface area (Å²) in [6.07, 6.45) is 3.67. The Bertz CT molecular complexity index is 1690. The number of ether oxygens (including phenoxy) is 1. The van der Waals surface area contributed by atoms with E-state index in [0.717, 1.165) is 12.8 Å². The predicted molar refractivity (Wildman–Crippen MR) is 160 cm³/mol. The number of para-hydroxylation sites is 1. The van der Waals surface area contributed by atoms with Gasteiger partial charge in [-0.25, -0.2) is 24.1 Å². The van der Waals surface area contributed by atoms with Crippen molar-refractivity contribution in [2.24, 2.45) is 0 Å². The molecule has 1 unspecified atom stereocenters. The number of halogens is 1. The van der Waals surface area contributed by atoms with Crippen molar-refractivity contribution >= 4 is 46.5 Å². The number of pyridine rings is 1. The van der Waals surface area contributed by atoms with Crippen LogP contribution in [0.25, 0.3) is 11.3 Å². The second-order valence-electron chi connectivity index (χ2n) is 9.68. The molecule has 0 saturated carbocycles. The van der Waals surface area contributed by atoms with E-state index in [2.05, 4.69) is 20.3 Å². The van der Waals surface area contributed by atoms with Crippen molar-refractivity contribution in [2.45, 2.75) is 25.8 Å². The molecule has 1 aliphatic rings. The summed E-state index contributed by atoms with van der Waals surface area (Å²) in [6.45, 7) is 2.59. The Labute approximate surface area is 254 Å². The molecular formula is C29H26ClN6O6S-. The quantitative estimate of drug-likeness (QED) is 0.247. The number of nitrogens with zero attached hydrogens (tertiary/aromatic N) is 5. The van der Waals surface area contributed by atoms with Crippen molar-refractivity contribution in [3.05, 3.63) is 89.2 Å². The Hall–Kier alpha value is -4.59. The molecule has 1 aliphatic heterocycles. The molecule has 0 spiro atoms. The highest BCUT2D eigenvalue weighted by atomic mass is 35.5. The first kappa shape index (κ1) is 29.9. The molecule has 3 heterocycles. The van der Waals surface area contributed by atoms with E-state index in [4.69, 9.17) is 16.3 Å². The van der Waals surface area contributed by atoms with E-state index in [-0.39, 0.29) is 33.9 Å². The summed E-state index contributed by atoms with van der Waals surface area (Å²) >= 11 is 3.24. The smallest absolute Gasteiger partial charge is 0.407 e. The van der Waals surface area contributed by atoms with E-state index >= 15 is 0 Å². The summed E-state index contributed by atoms with van der Waals surface area (Å²) in [5, 5.41) is 12.7. The van der Waals surface area contributed by atoms with Gasteiger partial charge in [0.15, 0.2) is 0 Å². The predicted octanol–water partition coefficient (Wildman–Crippen LogP) is 5.29. The first-order valence-electron chi connectivity index (χ1n) is 13.2. The number of hydrogen-bond acceptors (Lipinski definition) is 9. The topological polar surface area (TPSA) is 161 Å². The van der Waals surface area contributed by atoms with Gasteiger partial charge < -0.3 is 24.6 Å². The van der Waals surface area contributed by atoms with Crippen LogP contribution in [0.4, 0.5) is 16.4 Å². The summed E-state index contributed by atoms with van der Waals surface area (Å²) < 4.78 is 30.9. The molecular weight excluding hydrogens is 596 g/mol. The maximum absolute atomic E-state index is 13.3. The molecule has 222 valence electrons. The first-order valence-corrected chi connectivity index (χ1v) is 14.6. The molecule has 1 saturated heterocycles. The number of aromatic nitrogens is 3. The molecule has 2 atom stereocenters. The van der Waals surface area contributed by atoms with E-state index in [1.165, 1.54) is 29.2 Å². The number of amides is 2. The Morgan fingerprint density at radius 3 is 2.72 bits per heavy atom. The number of benzene rings is 2. The van der Waals surface area contributed by atoms with Gasteiger partial charge in [0.05, 0.1) is 33.2 Å². The molecule has 0 bridgehead atoms. The van der Waals surface area contributed by atoms with Crippen LogP contribution in [-0.4, -0.2) is 64.9 Å². The molecule has 12 nitrogen and oxygen atoms in total. The molecule has 4 aromatic rings. The number of carbonyl (C=O) groups excluding carboxylic acids is 1. The summed E-state index contributed by atoms with van der Waals surface area (Å²) in [4.78, 5) is 39.4. The van der Waals surface area contributed by atoms with Gasteiger partial charge in [0.25, 0.3) is 5.91 Å². The SMILES string of the molecule is Cc1ccc(C(=O)N(c2ccccc2Cl)S(=O)[O-])cc1Oc1ncccc1-c1ccnc(N[C@H]2CCCN(C(=O)O)C2)n1. The van der Waals surface area contributed by atoms with Crippen LogP contribution in [0, 0.1) is 6.92 Å². The van der Waals surface area contributed by atoms with Crippen LogP contribution in [-0.2, 0) is 11.3 Å². The number of nitrogens with one attached hydrogen (secondary N) is 1. The third-order valence-electron chi connectivity index (χ3n) is 6.77. The largest absolute Gasteiger partial charge is 0.755 e. The van der Waals surface area contributed by atoms with Crippen molar-refractivity contribution in [1.82, 2.24) is 19.9 Å². The molecule has 2 aromatic carbocycles. The minimum atomic E-state index is -2.94. The van der Waals surface area contributed by atoms with Gasteiger partial charge in [-0.2, -0.15) is 0 Å². The van der Waals surface area contributed by atoms with Gasteiger partial charge in [-0.1, -0.05) is 29.8 Å². The summed E-state index contributed by atoms with van der Waals surface area (Å²) in [6, 6.07) is 15.8. The molecule has 5 rings (SSSR count). The van der Waals surface area contributed by atoms with E-state index in [0.29, 0.717) is 40.2 Å². The van der Waals surface area contributed by atoms with Crippen LogP contribution in [0.5, 0.6) is 11.6 Å². The standard InChI is InChI=1S/C29H27ClN6O6S/c1-18-10-11-19(27(37)36(43(40)41)24-9-3-2-8-22(24)30)16-25(18)42-26-21(7-4-13-31-26)23-12-14-32-28(34-23)33-20-6-5-15-35(17-20)29(38)39/h2-4,7-14,16,20H,5-6,15,17H2,1H3,(H,38,39)(H,40,41)(H,32,33,34)/p-1/t20-/m0/s1. The lowest BCUT2D eigenvalue weighted by molar-refractivity contribution is 0.100. The Morgan fingerprint density at radius 1 is 1.14 bits per heavy atom. The number of rotatable bonds is 8. The third kappa shape index (κ3) is 6.91. The van der Waals surface area contributed by atoms with Crippen molar-refractivity contribution in [3.8, 4) is 22.9 Å². The van der Waals surface area contributed by atoms with Gasteiger partial charge in [-0.3, -0.25) is 9.00 Å². The first-order chi connectivity index (χ1) is 20.7. The molecule has 2 amide bonds. The number of carboxylic acid groups (broad SMARTS) is 1. The van der Waals surface area contributed by atoms with E-state index in [1.54, 1.807) is 55.7 Å². The number of piperidine rings is 1. The maximum Gasteiger partial charge on any atom is 0.407 e. The second kappa shape index (κ2) is 13.2. The minimum Gasteiger partial charge on any atom is -0.755 e. The number of carbonyl (C=O) groups is 2. The summed E-state index contributed by atoms with van der Waals surface area (Å²) in [5.74, 6) is -0.00305. The van der Waals surface area contributed by atoms with Crippen molar-refractivity contribution in [1.29, 1.82) is 0 Å². The highest BCUT2D eigenvalue weighted by molar-refractivity contribution is 7.81. The zero-order valence-electron chi connectivity index (χ0n) is 22.8. The number of likely N-dealkylation sites (tertiary alicyclic amines) is 1. The van der Waals surface area contributed by atoms with E-state index in [1.807, 2.05) is 0 Å². The average Bonchev–Trinajstić information content (AvgIpc) is 2.99. The number of hydrogen-bond donors (Lipinski definition) is 2. The highest BCUT2D eigenvalue weighted by Crippen LogP contribution is 2.34. The monoisotopic (exact) mass is 621 g/mol. The van der Waals surface area contributed by atoms with E-state index < -0.39 is 23.3 Å². The van der Waals surface area contributed by atoms with Crippen molar-refractivity contribution in [2.75, 3.05) is 22.7 Å². The lowest BCUT2D eigenvalue weighted by Gasteiger charge is -2.31. The van der Waals surface area contributed by atoms with Crippen LogP contribution >= 0.6 is 11.6 Å². The number of aryl methyl sites for hydroxylation is 1. The fourth-order valence-corrected chi connectivity index (χ4v) is 5.47. The van der Waals surface area contributed by atoms with Gasteiger partial charge >= 0.3 is 6.09 Å². The normalized spacial score (nSPS) is 15.4. The van der Waals surface area contributed by atoms with Crippen LogP contribution in [0.1, 0.15) is 28.8 Å². The van der Waals surface area contributed by atoms with Gasteiger partial charge in [-0.15, -0.1) is 0 Å². The molecule has 2 aromatic heterocycles. The Kier molecular flexibility index (Phi) is 9.14.